The summed E-state index contributed by atoms with van der Waals surface area (Å²) < 4.78 is 5.08. The molecule has 0 aliphatic rings. The lowest BCUT2D eigenvalue weighted by Crippen LogP contribution is -2.17. The van der Waals surface area contributed by atoms with Crippen molar-refractivity contribution < 1.29 is 9.53 Å². The van der Waals surface area contributed by atoms with Crippen LogP contribution in [-0.2, 0) is 16.0 Å². The number of carbonyl (C=O) groups excluding carboxylic acids is 1. The molecule has 0 radical (unpaired) electrons. The third-order valence-electron chi connectivity index (χ3n) is 1.88. The van der Waals surface area contributed by atoms with E-state index in [1.165, 1.54) is 6.92 Å². The van der Waals surface area contributed by atoms with Crippen LogP contribution >= 0.6 is 0 Å². The zero-order chi connectivity index (χ0) is 11.1. The second-order valence-electron chi connectivity index (χ2n) is 3.18. The van der Waals surface area contributed by atoms with Crippen molar-refractivity contribution in [3.63, 3.8) is 0 Å². The smallest absolute Gasteiger partial charge is 0.303 e. The summed E-state index contributed by atoms with van der Waals surface area (Å²) in [6.45, 7) is 3.14. The third-order valence-corrected chi connectivity index (χ3v) is 1.88. The summed E-state index contributed by atoms with van der Waals surface area (Å²) in [4.78, 5) is 10.8. The Hall–Kier alpha value is -1.75. The van der Waals surface area contributed by atoms with Crippen LogP contribution in [0.2, 0.25) is 0 Å². The Labute approximate surface area is 90.3 Å². The molecule has 1 aromatic carbocycles. The Morgan fingerprint density at radius 3 is 2.60 bits per heavy atom. The van der Waals surface area contributed by atoms with Gasteiger partial charge in [0.2, 0.25) is 0 Å². The van der Waals surface area contributed by atoms with Crippen LogP contribution in [0.25, 0.3) is 0 Å². The SMILES string of the molecule is CC#CC(Cc1ccccc1)OC(C)=O. The van der Waals surface area contributed by atoms with Crippen molar-refractivity contribution in [2.24, 2.45) is 0 Å². The highest BCUT2D eigenvalue weighted by atomic mass is 16.5. The van der Waals surface area contributed by atoms with Crippen molar-refractivity contribution in [3.05, 3.63) is 35.9 Å². The van der Waals surface area contributed by atoms with Gasteiger partial charge >= 0.3 is 5.97 Å². The van der Waals surface area contributed by atoms with E-state index >= 15 is 0 Å². The topological polar surface area (TPSA) is 26.3 Å². The highest BCUT2D eigenvalue weighted by Gasteiger charge is 2.08. The number of rotatable bonds is 3. The van der Waals surface area contributed by atoms with Crippen LogP contribution < -0.4 is 0 Å². The number of esters is 1. The van der Waals surface area contributed by atoms with E-state index in [2.05, 4.69) is 11.8 Å². The molecule has 0 aromatic heterocycles. The molecule has 0 heterocycles. The first-order valence-electron chi connectivity index (χ1n) is 4.86. The molecule has 0 aliphatic carbocycles. The Balaban J connectivity index is 2.65. The summed E-state index contributed by atoms with van der Waals surface area (Å²) >= 11 is 0. The fraction of sp³-hybridized carbons (Fsp3) is 0.308. The maximum absolute atomic E-state index is 10.8. The molecule has 78 valence electrons. The monoisotopic (exact) mass is 202 g/mol. The molecule has 0 saturated carbocycles. The predicted octanol–water partition coefficient (Wildman–Crippen LogP) is 2.18. The van der Waals surface area contributed by atoms with Gasteiger partial charge in [0.15, 0.2) is 6.10 Å². The molecule has 0 fully saturated rings. The summed E-state index contributed by atoms with van der Waals surface area (Å²) in [7, 11) is 0. The number of carbonyl (C=O) groups is 1. The van der Waals surface area contributed by atoms with Crippen LogP contribution in [0.15, 0.2) is 30.3 Å². The molecular formula is C13H14O2. The van der Waals surface area contributed by atoms with Gasteiger partial charge in [0.1, 0.15) is 0 Å². The van der Waals surface area contributed by atoms with Gasteiger partial charge in [0.25, 0.3) is 0 Å². The molecule has 0 N–H and O–H groups in total. The normalized spacial score (nSPS) is 11.1. The first-order chi connectivity index (χ1) is 7.22. The van der Waals surface area contributed by atoms with E-state index in [0.29, 0.717) is 6.42 Å². The summed E-state index contributed by atoms with van der Waals surface area (Å²) in [5.74, 6) is 5.34. The molecule has 1 unspecified atom stereocenters. The van der Waals surface area contributed by atoms with Crippen LogP contribution in [0.4, 0.5) is 0 Å². The van der Waals surface area contributed by atoms with Gasteiger partial charge in [-0.25, -0.2) is 0 Å². The van der Waals surface area contributed by atoms with Crippen molar-refractivity contribution in [1.29, 1.82) is 0 Å². The van der Waals surface area contributed by atoms with E-state index in [1.807, 2.05) is 30.3 Å². The van der Waals surface area contributed by atoms with Gasteiger partial charge in [-0.05, 0) is 12.5 Å². The molecule has 0 bridgehead atoms. The minimum Gasteiger partial charge on any atom is -0.449 e. The Kier molecular flexibility index (Phi) is 4.43. The summed E-state index contributed by atoms with van der Waals surface area (Å²) in [6.07, 6.45) is 0.302. The maximum Gasteiger partial charge on any atom is 0.303 e. The Bertz CT molecular complexity index is 371. The maximum atomic E-state index is 10.8. The van der Waals surface area contributed by atoms with Crippen LogP contribution in [0.3, 0.4) is 0 Å². The summed E-state index contributed by atoms with van der Waals surface area (Å²) in [5.41, 5.74) is 1.12. The Morgan fingerprint density at radius 2 is 2.07 bits per heavy atom. The number of benzene rings is 1. The fourth-order valence-electron chi connectivity index (χ4n) is 1.31. The van der Waals surface area contributed by atoms with Gasteiger partial charge in [-0.1, -0.05) is 36.3 Å². The van der Waals surface area contributed by atoms with Crippen LogP contribution in [0, 0.1) is 11.8 Å². The van der Waals surface area contributed by atoms with Crippen molar-refractivity contribution >= 4 is 5.97 Å². The van der Waals surface area contributed by atoms with E-state index in [-0.39, 0.29) is 12.1 Å². The van der Waals surface area contributed by atoms with E-state index < -0.39 is 0 Å². The van der Waals surface area contributed by atoms with E-state index in [0.717, 1.165) is 5.56 Å². The molecule has 1 aromatic rings. The van der Waals surface area contributed by atoms with Crippen molar-refractivity contribution in [3.8, 4) is 11.8 Å². The van der Waals surface area contributed by atoms with Gasteiger partial charge in [-0.2, -0.15) is 0 Å². The average Bonchev–Trinajstić information content (AvgIpc) is 2.18. The molecule has 1 atom stereocenters. The van der Waals surface area contributed by atoms with Gasteiger partial charge in [0.05, 0.1) is 0 Å². The average molecular weight is 202 g/mol. The number of ether oxygens (including phenoxy) is 1. The first kappa shape index (κ1) is 11.3. The van der Waals surface area contributed by atoms with E-state index in [9.17, 15) is 4.79 Å². The molecule has 0 amide bonds. The highest BCUT2D eigenvalue weighted by molar-refractivity contribution is 5.66. The fourth-order valence-corrected chi connectivity index (χ4v) is 1.31. The molecule has 2 nitrogen and oxygen atoms in total. The van der Waals surface area contributed by atoms with E-state index in [4.69, 9.17) is 4.74 Å². The molecular weight excluding hydrogens is 188 g/mol. The van der Waals surface area contributed by atoms with Crippen LogP contribution in [0.5, 0.6) is 0 Å². The molecule has 15 heavy (non-hydrogen) atoms. The lowest BCUT2D eigenvalue weighted by molar-refractivity contribution is -0.143. The van der Waals surface area contributed by atoms with Crippen molar-refractivity contribution in [2.75, 3.05) is 0 Å². The lowest BCUT2D eigenvalue weighted by atomic mass is 10.1. The number of hydrogen-bond donors (Lipinski definition) is 0. The van der Waals surface area contributed by atoms with Crippen molar-refractivity contribution in [1.82, 2.24) is 0 Å². The Morgan fingerprint density at radius 1 is 1.40 bits per heavy atom. The van der Waals surface area contributed by atoms with Gasteiger partial charge in [-0.15, -0.1) is 5.92 Å². The highest BCUT2D eigenvalue weighted by Crippen LogP contribution is 2.05. The van der Waals surface area contributed by atoms with E-state index in [1.54, 1.807) is 6.92 Å². The lowest BCUT2D eigenvalue weighted by Gasteiger charge is -2.10. The zero-order valence-electron chi connectivity index (χ0n) is 8.99. The molecule has 0 aliphatic heterocycles. The minimum atomic E-state index is -0.338. The third kappa shape index (κ3) is 4.33. The molecule has 2 heteroatoms. The molecule has 0 saturated heterocycles. The molecule has 0 spiro atoms. The standard InChI is InChI=1S/C13H14O2/c1-3-7-13(15-11(2)14)10-12-8-5-4-6-9-12/h4-6,8-9,13H,10H2,1-2H3. The molecule has 1 rings (SSSR count). The van der Waals surface area contributed by atoms with Gasteiger partial charge < -0.3 is 4.74 Å². The predicted molar refractivity (Wildman–Crippen MR) is 59.2 cm³/mol. The largest absolute Gasteiger partial charge is 0.449 e. The van der Waals surface area contributed by atoms with Gasteiger partial charge in [-0.3, -0.25) is 4.79 Å². The van der Waals surface area contributed by atoms with Crippen LogP contribution in [-0.4, -0.2) is 12.1 Å². The zero-order valence-corrected chi connectivity index (χ0v) is 8.99. The van der Waals surface area contributed by atoms with Crippen LogP contribution in [0.1, 0.15) is 19.4 Å². The summed E-state index contributed by atoms with van der Waals surface area (Å²) in [6, 6.07) is 9.86. The van der Waals surface area contributed by atoms with Gasteiger partial charge in [0, 0.05) is 13.3 Å². The number of hydrogen-bond acceptors (Lipinski definition) is 2. The summed E-state index contributed by atoms with van der Waals surface area (Å²) in [5, 5.41) is 0. The first-order valence-corrected chi connectivity index (χ1v) is 4.86. The second kappa shape index (κ2) is 5.87. The second-order valence-corrected chi connectivity index (χ2v) is 3.18. The van der Waals surface area contributed by atoms with Crippen molar-refractivity contribution in [2.45, 2.75) is 26.4 Å². The minimum absolute atomic E-state index is 0.293. The quantitative estimate of drug-likeness (QED) is 0.554.